The van der Waals surface area contributed by atoms with Crippen LogP contribution in [0.15, 0.2) is 194 Å². The van der Waals surface area contributed by atoms with E-state index in [9.17, 15) is 0 Å². The summed E-state index contributed by atoms with van der Waals surface area (Å²) in [6.45, 7) is 4.95. The van der Waals surface area contributed by atoms with Crippen molar-refractivity contribution in [3.05, 3.63) is 194 Å². The Bertz CT molecular complexity index is 1790. The molecule has 0 atom stereocenters. The quantitative estimate of drug-likeness (QED) is 0.124. The first kappa shape index (κ1) is 29.7. The van der Waals surface area contributed by atoms with Crippen molar-refractivity contribution in [1.29, 1.82) is 0 Å². The van der Waals surface area contributed by atoms with Crippen molar-refractivity contribution in [1.82, 2.24) is 0 Å². The molecule has 0 aliphatic rings. The lowest BCUT2D eigenvalue weighted by atomic mass is 9.99. The monoisotopic (exact) mass is 622 g/mol. The highest BCUT2D eigenvalue weighted by atomic mass is 28.3. The summed E-state index contributed by atoms with van der Waals surface area (Å²) < 4.78 is 0. The highest BCUT2D eigenvalue weighted by Gasteiger charge is 2.35. The van der Waals surface area contributed by atoms with E-state index in [0.29, 0.717) is 0 Å². The molecular formula is C44H38Si2. The highest BCUT2D eigenvalue weighted by molar-refractivity contribution is 7.11. The van der Waals surface area contributed by atoms with Gasteiger partial charge in [-0.3, -0.25) is 0 Å². The van der Waals surface area contributed by atoms with Crippen LogP contribution in [0.5, 0.6) is 0 Å². The average molecular weight is 623 g/mol. The van der Waals surface area contributed by atoms with Gasteiger partial charge in [-0.2, -0.15) is 0 Å². The highest BCUT2D eigenvalue weighted by Crippen LogP contribution is 2.26. The van der Waals surface area contributed by atoms with Gasteiger partial charge in [0.05, 0.1) is 0 Å². The van der Waals surface area contributed by atoms with E-state index in [1.165, 1.54) is 53.4 Å². The van der Waals surface area contributed by atoms with Gasteiger partial charge in [0.2, 0.25) is 0 Å². The van der Waals surface area contributed by atoms with E-state index in [-0.39, 0.29) is 0 Å². The zero-order chi connectivity index (χ0) is 31.4. The molecule has 0 nitrogen and oxygen atoms in total. The minimum atomic E-state index is -2.13. The van der Waals surface area contributed by atoms with E-state index in [1.54, 1.807) is 0 Å². The Balaban J connectivity index is 1.20. The lowest BCUT2D eigenvalue weighted by Gasteiger charge is -2.29. The summed E-state index contributed by atoms with van der Waals surface area (Å²) >= 11 is 0. The molecule has 7 aromatic rings. The first-order valence-corrected chi connectivity index (χ1v) is 21.1. The Morgan fingerprint density at radius 1 is 0.239 bits per heavy atom. The molecule has 0 aliphatic carbocycles. The maximum absolute atomic E-state index is 2.47. The van der Waals surface area contributed by atoms with E-state index >= 15 is 0 Å². The second-order valence-corrected chi connectivity index (χ2v) is 20.4. The summed E-state index contributed by atoms with van der Waals surface area (Å²) in [4.78, 5) is 0. The maximum Gasteiger partial charge on any atom is 0.145 e. The summed E-state index contributed by atoms with van der Waals surface area (Å²) in [6.07, 6.45) is 0. The van der Waals surface area contributed by atoms with E-state index in [0.717, 1.165) is 0 Å². The van der Waals surface area contributed by atoms with E-state index in [2.05, 4.69) is 207 Å². The van der Waals surface area contributed by atoms with Crippen molar-refractivity contribution in [3.8, 4) is 22.3 Å². The van der Waals surface area contributed by atoms with Gasteiger partial charge in [-0.1, -0.05) is 201 Å². The van der Waals surface area contributed by atoms with Crippen LogP contribution in [0.1, 0.15) is 0 Å². The summed E-state index contributed by atoms with van der Waals surface area (Å²) in [5, 5.41) is 8.56. The molecule has 0 aromatic heterocycles. The largest absolute Gasteiger partial charge is 0.145 e. The molecule has 0 fully saturated rings. The first-order chi connectivity index (χ1) is 22.6. The van der Waals surface area contributed by atoms with Gasteiger partial charge < -0.3 is 0 Å². The van der Waals surface area contributed by atoms with Crippen molar-refractivity contribution < 1.29 is 0 Å². The van der Waals surface area contributed by atoms with Crippen LogP contribution in [0, 0.1) is 0 Å². The van der Waals surface area contributed by atoms with Crippen LogP contribution in [0.2, 0.25) is 13.1 Å². The van der Waals surface area contributed by atoms with E-state index in [1.807, 2.05) is 0 Å². The van der Waals surface area contributed by atoms with Gasteiger partial charge in [0.25, 0.3) is 0 Å². The summed E-state index contributed by atoms with van der Waals surface area (Å²) in [7, 11) is -4.26. The molecule has 7 rings (SSSR count). The molecule has 0 N–H and O–H groups in total. The van der Waals surface area contributed by atoms with E-state index < -0.39 is 16.1 Å². The van der Waals surface area contributed by atoms with Crippen LogP contribution in [0.25, 0.3) is 22.3 Å². The molecule has 0 bridgehead atoms. The SMILES string of the molecule is C[Si](c1ccccc1)(c1ccccc1)c1ccc(-c2cccc(-c3ccc([Si](C)(c4ccccc4)c4ccccc4)cc3)c2)cc1. The van der Waals surface area contributed by atoms with Gasteiger partial charge in [0.15, 0.2) is 0 Å². The number of rotatable bonds is 8. The first-order valence-electron chi connectivity index (χ1n) is 16.1. The fraction of sp³-hybridized carbons (Fsp3) is 0.0455. The molecule has 0 amide bonds. The van der Waals surface area contributed by atoms with Crippen molar-refractivity contribution in [2.24, 2.45) is 0 Å². The van der Waals surface area contributed by atoms with Gasteiger partial charge in [-0.25, -0.2) is 0 Å². The number of hydrogen-bond donors (Lipinski definition) is 0. The predicted molar refractivity (Wildman–Crippen MR) is 204 cm³/mol. The third-order valence-electron chi connectivity index (χ3n) is 9.86. The molecule has 0 saturated heterocycles. The minimum Gasteiger partial charge on any atom is -0.0624 e. The summed E-state index contributed by atoms with van der Waals surface area (Å²) in [6, 6.07) is 71.9. The van der Waals surface area contributed by atoms with E-state index in [4.69, 9.17) is 0 Å². The molecule has 0 saturated carbocycles. The Morgan fingerprint density at radius 2 is 0.500 bits per heavy atom. The smallest absolute Gasteiger partial charge is 0.0624 e. The zero-order valence-corrected chi connectivity index (χ0v) is 28.5. The number of hydrogen-bond acceptors (Lipinski definition) is 0. The van der Waals surface area contributed by atoms with Crippen molar-refractivity contribution in [2.45, 2.75) is 13.1 Å². The lowest BCUT2D eigenvalue weighted by Crippen LogP contribution is -2.64. The standard InChI is InChI=1S/C44H38Si2/c1-45(39-18-7-3-8-19-39,40-20-9-4-10-21-40)43-30-26-35(27-31-43)37-16-15-17-38(34-37)36-28-32-44(33-29-36)46(2,41-22-11-5-12-23-41)42-24-13-6-14-25-42/h3-34H,1-2H3. The third kappa shape index (κ3) is 5.51. The summed E-state index contributed by atoms with van der Waals surface area (Å²) in [5.41, 5.74) is 4.97. The molecule has 2 heteroatoms. The van der Waals surface area contributed by atoms with Crippen LogP contribution < -0.4 is 31.1 Å². The lowest BCUT2D eigenvalue weighted by molar-refractivity contribution is 1.59. The minimum absolute atomic E-state index is 1.24. The maximum atomic E-state index is 2.47. The van der Waals surface area contributed by atoms with Crippen LogP contribution >= 0.6 is 0 Å². The normalized spacial score (nSPS) is 11.7. The Labute approximate surface area is 275 Å². The molecule has 46 heavy (non-hydrogen) atoms. The van der Waals surface area contributed by atoms with Gasteiger partial charge in [0.1, 0.15) is 16.1 Å². The van der Waals surface area contributed by atoms with Crippen molar-refractivity contribution in [2.75, 3.05) is 0 Å². The van der Waals surface area contributed by atoms with Crippen molar-refractivity contribution >= 4 is 47.3 Å². The third-order valence-corrected chi connectivity index (χ3v) is 18.8. The predicted octanol–water partition coefficient (Wildman–Crippen LogP) is 7.22. The average Bonchev–Trinajstić information content (AvgIpc) is 3.16. The zero-order valence-electron chi connectivity index (χ0n) is 26.5. The Hall–Kier alpha value is -5.03. The topological polar surface area (TPSA) is 0 Å². The molecule has 0 unspecified atom stereocenters. The van der Waals surface area contributed by atoms with Crippen molar-refractivity contribution in [3.63, 3.8) is 0 Å². The fourth-order valence-corrected chi connectivity index (χ4v) is 14.1. The van der Waals surface area contributed by atoms with Crippen LogP contribution in [0.3, 0.4) is 0 Å². The van der Waals surface area contributed by atoms with Gasteiger partial charge in [-0.05, 0) is 59.4 Å². The summed E-state index contributed by atoms with van der Waals surface area (Å²) in [5.74, 6) is 0. The molecule has 7 aromatic carbocycles. The van der Waals surface area contributed by atoms with Crippen LogP contribution in [0.4, 0.5) is 0 Å². The molecule has 0 radical (unpaired) electrons. The van der Waals surface area contributed by atoms with Gasteiger partial charge >= 0.3 is 0 Å². The molecule has 0 aliphatic heterocycles. The molecule has 0 heterocycles. The second-order valence-electron chi connectivity index (χ2n) is 12.4. The Morgan fingerprint density at radius 3 is 0.783 bits per heavy atom. The van der Waals surface area contributed by atoms with Gasteiger partial charge in [0, 0.05) is 0 Å². The molecular weight excluding hydrogens is 585 g/mol. The van der Waals surface area contributed by atoms with Crippen LogP contribution in [-0.4, -0.2) is 16.1 Å². The fourth-order valence-electron chi connectivity index (χ4n) is 6.96. The Kier molecular flexibility index (Phi) is 8.23. The van der Waals surface area contributed by atoms with Gasteiger partial charge in [-0.15, -0.1) is 0 Å². The molecule has 0 spiro atoms. The second kappa shape index (κ2) is 12.8. The number of benzene rings is 7. The molecule has 222 valence electrons. The van der Waals surface area contributed by atoms with Crippen LogP contribution in [-0.2, 0) is 0 Å².